The molecule has 1 N–H and O–H groups in total. The van der Waals surface area contributed by atoms with Crippen molar-refractivity contribution >= 4 is 34.2 Å². The molecular weight excluding hydrogens is 356 g/mol. The highest BCUT2D eigenvalue weighted by molar-refractivity contribution is 6.32. The van der Waals surface area contributed by atoms with E-state index in [1.165, 1.54) is 0 Å². The molecule has 0 saturated heterocycles. The second-order valence-corrected chi connectivity index (χ2v) is 6.50. The summed E-state index contributed by atoms with van der Waals surface area (Å²) in [5.74, 6) is 0.664. The number of aromatic nitrogens is 3. The lowest BCUT2D eigenvalue weighted by Crippen LogP contribution is -2.12. The van der Waals surface area contributed by atoms with Gasteiger partial charge in [0.05, 0.1) is 35.8 Å². The third-order valence-corrected chi connectivity index (χ3v) is 4.47. The fourth-order valence-electron chi connectivity index (χ4n) is 2.94. The van der Waals surface area contributed by atoms with E-state index in [1.54, 1.807) is 23.0 Å². The Morgan fingerprint density at radius 3 is 2.92 bits per heavy atom. The van der Waals surface area contributed by atoms with E-state index in [0.29, 0.717) is 41.0 Å². The molecule has 3 heterocycles. The van der Waals surface area contributed by atoms with Crippen LogP contribution in [0.25, 0.3) is 11.0 Å². The molecule has 8 heteroatoms. The Morgan fingerprint density at radius 1 is 1.27 bits per heavy atom. The van der Waals surface area contributed by atoms with Crippen LogP contribution in [0, 0.1) is 6.92 Å². The van der Waals surface area contributed by atoms with Gasteiger partial charge in [-0.25, -0.2) is 4.98 Å². The summed E-state index contributed by atoms with van der Waals surface area (Å²) < 4.78 is 12.9. The van der Waals surface area contributed by atoms with Crippen molar-refractivity contribution in [3.05, 3.63) is 40.7 Å². The number of nitrogens with zero attached hydrogens (tertiary/aromatic N) is 3. The van der Waals surface area contributed by atoms with E-state index in [1.807, 2.05) is 20.0 Å². The molecule has 134 valence electrons. The lowest BCUT2D eigenvalue weighted by atomic mass is 10.1. The van der Waals surface area contributed by atoms with Crippen LogP contribution in [0.3, 0.4) is 0 Å². The Hall–Kier alpha value is -2.80. The minimum atomic E-state index is -0.301. The number of benzene rings is 1. The fourth-order valence-corrected chi connectivity index (χ4v) is 3.21. The maximum Gasteiger partial charge on any atom is 0.255 e. The van der Waals surface area contributed by atoms with Crippen LogP contribution in [0.4, 0.5) is 5.69 Å². The van der Waals surface area contributed by atoms with Gasteiger partial charge in [-0.3, -0.25) is 9.48 Å². The number of ether oxygens (including phenoxy) is 2. The van der Waals surface area contributed by atoms with Crippen molar-refractivity contribution in [1.29, 1.82) is 0 Å². The number of carbonyl (C=O) groups excluding carboxylic acids is 1. The number of nitrogens with one attached hydrogen (secondary N) is 1. The molecule has 2 aromatic heterocycles. The maximum atomic E-state index is 12.6. The average Bonchev–Trinajstić information content (AvgIpc) is 2.79. The van der Waals surface area contributed by atoms with Gasteiger partial charge in [-0.05, 0) is 25.1 Å². The maximum absolute atomic E-state index is 12.6. The van der Waals surface area contributed by atoms with Gasteiger partial charge in [0.15, 0.2) is 17.1 Å². The van der Waals surface area contributed by atoms with Crippen molar-refractivity contribution < 1.29 is 14.3 Å². The molecule has 26 heavy (non-hydrogen) atoms. The number of fused-ring (bicyclic) bond motifs is 2. The third-order valence-electron chi connectivity index (χ3n) is 4.19. The normalized spacial score (nSPS) is 13.5. The summed E-state index contributed by atoms with van der Waals surface area (Å²) in [6.07, 6.45) is 2.37. The van der Waals surface area contributed by atoms with Crippen molar-refractivity contribution in [3.8, 4) is 11.5 Å². The predicted octanol–water partition coefficient (Wildman–Crippen LogP) is 3.34. The van der Waals surface area contributed by atoms with Crippen molar-refractivity contribution in [2.45, 2.75) is 13.3 Å². The van der Waals surface area contributed by atoms with Crippen LogP contribution in [-0.4, -0.2) is 33.9 Å². The molecule has 1 aliphatic heterocycles. The first-order chi connectivity index (χ1) is 12.5. The van der Waals surface area contributed by atoms with Gasteiger partial charge in [0.25, 0.3) is 5.91 Å². The second-order valence-electron chi connectivity index (χ2n) is 6.09. The van der Waals surface area contributed by atoms with Gasteiger partial charge >= 0.3 is 0 Å². The number of anilines is 1. The lowest BCUT2D eigenvalue weighted by Gasteiger charge is -2.12. The molecule has 0 unspecified atom stereocenters. The van der Waals surface area contributed by atoms with Crippen LogP contribution in [0.5, 0.6) is 11.5 Å². The monoisotopic (exact) mass is 372 g/mol. The van der Waals surface area contributed by atoms with Crippen molar-refractivity contribution in [2.75, 3.05) is 18.5 Å². The highest BCUT2D eigenvalue weighted by atomic mass is 35.5. The fraction of sp³-hybridized carbons (Fsp3) is 0.278. The van der Waals surface area contributed by atoms with Crippen LogP contribution in [0.1, 0.15) is 22.5 Å². The van der Waals surface area contributed by atoms with E-state index in [4.69, 9.17) is 21.1 Å². The Bertz CT molecular complexity index is 1020. The largest absolute Gasteiger partial charge is 0.489 e. The Labute approximate surface area is 154 Å². The summed E-state index contributed by atoms with van der Waals surface area (Å²) in [7, 11) is 1.83. The molecule has 0 aliphatic carbocycles. The van der Waals surface area contributed by atoms with E-state index < -0.39 is 0 Å². The second kappa shape index (κ2) is 6.49. The highest BCUT2D eigenvalue weighted by Crippen LogP contribution is 2.38. The number of rotatable bonds is 2. The summed E-state index contributed by atoms with van der Waals surface area (Å²) in [6, 6.07) is 5.07. The number of hydrogen-bond donors (Lipinski definition) is 1. The summed E-state index contributed by atoms with van der Waals surface area (Å²) in [5, 5.41) is 8.42. The van der Waals surface area contributed by atoms with Crippen LogP contribution in [-0.2, 0) is 7.05 Å². The first-order valence-corrected chi connectivity index (χ1v) is 8.60. The first-order valence-electron chi connectivity index (χ1n) is 8.23. The van der Waals surface area contributed by atoms with Crippen LogP contribution < -0.4 is 14.8 Å². The van der Waals surface area contributed by atoms with Gasteiger partial charge < -0.3 is 14.8 Å². The minimum absolute atomic E-state index is 0.301. The number of halogens is 1. The molecule has 0 atom stereocenters. The van der Waals surface area contributed by atoms with Crippen LogP contribution in [0.2, 0.25) is 5.02 Å². The minimum Gasteiger partial charge on any atom is -0.489 e. The number of aryl methyl sites for hydroxylation is 2. The number of hydrogen-bond acceptors (Lipinski definition) is 5. The molecule has 0 bridgehead atoms. The molecule has 0 fully saturated rings. The van der Waals surface area contributed by atoms with E-state index in [2.05, 4.69) is 15.4 Å². The van der Waals surface area contributed by atoms with Gasteiger partial charge in [0.1, 0.15) is 0 Å². The Balaban J connectivity index is 1.63. The Kier molecular flexibility index (Phi) is 4.16. The molecule has 3 aromatic rings. The van der Waals surface area contributed by atoms with Gasteiger partial charge in [0.2, 0.25) is 0 Å². The Morgan fingerprint density at radius 2 is 2.08 bits per heavy atom. The summed E-state index contributed by atoms with van der Waals surface area (Å²) in [5.41, 5.74) is 2.59. The zero-order valence-corrected chi connectivity index (χ0v) is 15.1. The lowest BCUT2D eigenvalue weighted by molar-refractivity contribution is 0.102. The molecule has 0 saturated carbocycles. The summed E-state index contributed by atoms with van der Waals surface area (Å²) in [6.45, 7) is 2.96. The van der Waals surface area contributed by atoms with E-state index in [0.717, 1.165) is 23.1 Å². The SMILES string of the molecule is Cc1nn(C)c2ncc(NC(=O)c3cc(Cl)c4c(c3)OCCCO4)cc12. The van der Waals surface area contributed by atoms with E-state index in [9.17, 15) is 4.79 Å². The van der Waals surface area contributed by atoms with E-state index >= 15 is 0 Å². The van der Waals surface area contributed by atoms with Gasteiger partial charge in [-0.1, -0.05) is 11.6 Å². The molecule has 1 amide bonds. The number of carbonyl (C=O) groups is 1. The first kappa shape index (κ1) is 16.7. The molecular formula is C18H17ClN4O3. The average molecular weight is 373 g/mol. The topological polar surface area (TPSA) is 78.3 Å². The van der Waals surface area contributed by atoms with Gasteiger partial charge in [0, 0.05) is 24.4 Å². The van der Waals surface area contributed by atoms with Gasteiger partial charge in [-0.15, -0.1) is 0 Å². The predicted molar refractivity (Wildman–Crippen MR) is 98.3 cm³/mol. The standard InChI is InChI=1S/C18H17ClN4O3/c1-10-13-8-12(9-20-17(13)23(2)22-10)21-18(24)11-6-14(19)16-15(7-11)25-4-3-5-26-16/h6-9H,3-5H2,1-2H3,(H,21,24). The molecule has 0 spiro atoms. The molecule has 1 aromatic carbocycles. The van der Waals surface area contributed by atoms with E-state index in [-0.39, 0.29) is 5.91 Å². The third kappa shape index (κ3) is 2.94. The zero-order valence-electron chi connectivity index (χ0n) is 14.4. The number of amides is 1. The molecule has 0 radical (unpaired) electrons. The summed E-state index contributed by atoms with van der Waals surface area (Å²) >= 11 is 6.26. The van der Waals surface area contributed by atoms with Crippen molar-refractivity contribution in [3.63, 3.8) is 0 Å². The zero-order chi connectivity index (χ0) is 18.3. The quantitative estimate of drug-likeness (QED) is 0.746. The van der Waals surface area contributed by atoms with Crippen LogP contribution >= 0.6 is 11.6 Å². The van der Waals surface area contributed by atoms with Crippen molar-refractivity contribution in [1.82, 2.24) is 14.8 Å². The molecule has 1 aliphatic rings. The van der Waals surface area contributed by atoms with Crippen LogP contribution in [0.15, 0.2) is 24.4 Å². The number of pyridine rings is 1. The smallest absolute Gasteiger partial charge is 0.255 e. The molecule has 4 rings (SSSR count). The highest BCUT2D eigenvalue weighted by Gasteiger charge is 2.19. The summed E-state index contributed by atoms with van der Waals surface area (Å²) in [4.78, 5) is 17.0. The van der Waals surface area contributed by atoms with Gasteiger partial charge in [-0.2, -0.15) is 5.10 Å². The van der Waals surface area contributed by atoms with Crippen molar-refractivity contribution in [2.24, 2.45) is 7.05 Å². The molecule has 7 nitrogen and oxygen atoms in total.